The lowest BCUT2D eigenvalue weighted by Gasteiger charge is -2.05. The van der Waals surface area contributed by atoms with Gasteiger partial charge in [-0.25, -0.2) is 4.39 Å². The van der Waals surface area contributed by atoms with E-state index in [0.717, 1.165) is 6.07 Å². The van der Waals surface area contributed by atoms with E-state index in [1.807, 2.05) is 0 Å². The normalized spacial score (nSPS) is 9.69. The summed E-state index contributed by atoms with van der Waals surface area (Å²) >= 11 is 5.51. The Morgan fingerprint density at radius 2 is 2.06 bits per heavy atom. The summed E-state index contributed by atoms with van der Waals surface area (Å²) < 4.78 is 12.8. The number of amides is 2. The van der Waals surface area contributed by atoms with Gasteiger partial charge in [0.2, 0.25) is 0 Å². The first-order valence-electron chi connectivity index (χ1n) is 4.58. The lowest BCUT2D eigenvalue weighted by atomic mass is 10.3. The van der Waals surface area contributed by atoms with Crippen LogP contribution in [0.3, 0.4) is 0 Å². The third-order valence-electron chi connectivity index (χ3n) is 1.72. The van der Waals surface area contributed by atoms with E-state index in [9.17, 15) is 14.0 Å². The highest BCUT2D eigenvalue weighted by atomic mass is 35.5. The largest absolute Gasteiger partial charge is 0.348 e. The molecule has 1 aromatic rings. The molecular weight excluding hydrogens is 235 g/mol. The van der Waals surface area contributed by atoms with Gasteiger partial charge in [0.05, 0.1) is 5.02 Å². The van der Waals surface area contributed by atoms with E-state index in [1.54, 1.807) is 6.92 Å². The van der Waals surface area contributed by atoms with Crippen LogP contribution in [0.4, 0.5) is 10.1 Å². The van der Waals surface area contributed by atoms with Crippen molar-refractivity contribution in [3.05, 3.63) is 29.0 Å². The molecule has 2 amide bonds. The Labute approximate surface area is 96.8 Å². The first-order valence-corrected chi connectivity index (χ1v) is 4.96. The van der Waals surface area contributed by atoms with E-state index < -0.39 is 17.6 Å². The van der Waals surface area contributed by atoms with E-state index in [1.165, 1.54) is 12.1 Å². The number of hydrogen-bond acceptors (Lipinski definition) is 2. The average molecular weight is 245 g/mol. The molecule has 16 heavy (non-hydrogen) atoms. The molecule has 0 bridgehead atoms. The fraction of sp³-hybridized carbons (Fsp3) is 0.200. The van der Waals surface area contributed by atoms with Gasteiger partial charge in [-0.2, -0.15) is 0 Å². The molecule has 6 heteroatoms. The molecule has 0 atom stereocenters. The van der Waals surface area contributed by atoms with Gasteiger partial charge in [0, 0.05) is 12.2 Å². The van der Waals surface area contributed by atoms with Crippen molar-refractivity contribution in [2.24, 2.45) is 0 Å². The fourth-order valence-corrected chi connectivity index (χ4v) is 1.18. The zero-order valence-corrected chi connectivity index (χ0v) is 9.27. The number of anilines is 1. The minimum Gasteiger partial charge on any atom is -0.348 e. The minimum atomic E-state index is -0.815. The summed E-state index contributed by atoms with van der Waals surface area (Å²) in [4.78, 5) is 22.3. The molecule has 0 aliphatic rings. The molecule has 0 spiro atoms. The molecule has 0 unspecified atom stereocenters. The SMILES string of the molecule is CCNC(=O)C(=O)Nc1ccc(F)c(Cl)c1. The highest BCUT2D eigenvalue weighted by Crippen LogP contribution is 2.19. The maximum absolute atomic E-state index is 12.8. The van der Waals surface area contributed by atoms with Crippen LogP contribution in [0.15, 0.2) is 18.2 Å². The third kappa shape index (κ3) is 3.20. The van der Waals surface area contributed by atoms with Gasteiger partial charge in [-0.1, -0.05) is 11.6 Å². The molecule has 1 rings (SSSR count). The molecule has 2 N–H and O–H groups in total. The predicted octanol–water partition coefficient (Wildman–Crippen LogP) is 1.55. The Balaban J connectivity index is 2.70. The van der Waals surface area contributed by atoms with Gasteiger partial charge in [0.25, 0.3) is 0 Å². The van der Waals surface area contributed by atoms with Crippen LogP contribution < -0.4 is 10.6 Å². The zero-order valence-electron chi connectivity index (χ0n) is 8.51. The second kappa shape index (κ2) is 5.46. The van der Waals surface area contributed by atoms with Gasteiger partial charge in [0.1, 0.15) is 5.82 Å². The lowest BCUT2D eigenvalue weighted by molar-refractivity contribution is -0.136. The first kappa shape index (κ1) is 12.4. The van der Waals surface area contributed by atoms with Crippen molar-refractivity contribution >= 4 is 29.1 Å². The standard InChI is InChI=1S/C10H10ClFN2O2/c1-2-13-9(15)10(16)14-6-3-4-8(12)7(11)5-6/h3-5H,2H2,1H3,(H,13,15)(H,14,16). The van der Waals surface area contributed by atoms with E-state index in [4.69, 9.17) is 11.6 Å². The zero-order chi connectivity index (χ0) is 12.1. The number of likely N-dealkylation sites (N-methyl/N-ethyl adjacent to an activating group) is 1. The quantitative estimate of drug-likeness (QED) is 0.776. The molecule has 0 radical (unpaired) electrons. The van der Waals surface area contributed by atoms with Crippen LogP contribution in [0.25, 0.3) is 0 Å². The molecule has 0 aromatic heterocycles. The van der Waals surface area contributed by atoms with E-state index >= 15 is 0 Å². The number of benzene rings is 1. The Kier molecular flexibility index (Phi) is 4.25. The highest BCUT2D eigenvalue weighted by Gasteiger charge is 2.12. The van der Waals surface area contributed by atoms with Gasteiger partial charge in [-0.05, 0) is 25.1 Å². The number of carbonyl (C=O) groups excluding carboxylic acids is 2. The third-order valence-corrected chi connectivity index (χ3v) is 2.01. The van der Waals surface area contributed by atoms with Gasteiger partial charge in [-0.3, -0.25) is 9.59 Å². The smallest absolute Gasteiger partial charge is 0.313 e. The number of hydrogen-bond donors (Lipinski definition) is 2. The molecule has 0 aliphatic heterocycles. The van der Waals surface area contributed by atoms with Crippen molar-refractivity contribution in [3.8, 4) is 0 Å². The highest BCUT2D eigenvalue weighted by molar-refractivity contribution is 6.39. The molecule has 0 fully saturated rings. The fourth-order valence-electron chi connectivity index (χ4n) is 1.00. The second-order valence-corrected chi connectivity index (χ2v) is 3.35. The van der Waals surface area contributed by atoms with Crippen LogP contribution in [-0.2, 0) is 9.59 Å². The van der Waals surface area contributed by atoms with Crippen LogP contribution in [0.2, 0.25) is 5.02 Å². The Bertz CT molecular complexity index is 423. The summed E-state index contributed by atoms with van der Waals surface area (Å²) in [5.74, 6) is -2.15. The average Bonchev–Trinajstić information content (AvgIpc) is 2.24. The number of carbonyl (C=O) groups is 2. The van der Waals surface area contributed by atoms with Crippen molar-refractivity contribution in [3.63, 3.8) is 0 Å². The van der Waals surface area contributed by atoms with Gasteiger partial charge in [-0.15, -0.1) is 0 Å². The maximum atomic E-state index is 12.8. The number of halogens is 2. The molecule has 0 aliphatic carbocycles. The Morgan fingerprint density at radius 3 is 2.62 bits per heavy atom. The van der Waals surface area contributed by atoms with Gasteiger partial charge in [0.15, 0.2) is 0 Å². The van der Waals surface area contributed by atoms with Crippen molar-refractivity contribution in [2.75, 3.05) is 11.9 Å². The molecule has 4 nitrogen and oxygen atoms in total. The van der Waals surface area contributed by atoms with E-state index in [-0.39, 0.29) is 10.7 Å². The van der Waals surface area contributed by atoms with Crippen molar-refractivity contribution in [1.82, 2.24) is 5.32 Å². The summed E-state index contributed by atoms with van der Waals surface area (Å²) in [7, 11) is 0. The second-order valence-electron chi connectivity index (χ2n) is 2.94. The summed E-state index contributed by atoms with van der Waals surface area (Å²) in [5, 5.41) is 4.51. The van der Waals surface area contributed by atoms with Crippen LogP contribution in [0.5, 0.6) is 0 Å². The summed E-state index contributed by atoms with van der Waals surface area (Å²) in [5.41, 5.74) is 0.266. The van der Waals surface area contributed by atoms with Crippen molar-refractivity contribution in [2.45, 2.75) is 6.92 Å². The molecule has 0 saturated heterocycles. The van der Waals surface area contributed by atoms with Crippen LogP contribution in [0, 0.1) is 5.82 Å². The lowest BCUT2D eigenvalue weighted by Crippen LogP contribution is -2.35. The van der Waals surface area contributed by atoms with Crippen molar-refractivity contribution < 1.29 is 14.0 Å². The van der Waals surface area contributed by atoms with E-state index in [2.05, 4.69) is 10.6 Å². The number of nitrogens with one attached hydrogen (secondary N) is 2. The molecule has 0 saturated carbocycles. The summed E-state index contributed by atoms with van der Waals surface area (Å²) in [6.45, 7) is 2.05. The number of rotatable bonds is 2. The minimum absolute atomic E-state index is 0.117. The van der Waals surface area contributed by atoms with Crippen molar-refractivity contribution in [1.29, 1.82) is 0 Å². The summed E-state index contributed by atoms with van der Waals surface area (Å²) in [6.07, 6.45) is 0. The Hall–Kier alpha value is -1.62. The van der Waals surface area contributed by atoms with Gasteiger partial charge >= 0.3 is 11.8 Å². The van der Waals surface area contributed by atoms with Gasteiger partial charge < -0.3 is 10.6 Å². The molecule has 86 valence electrons. The molecule has 0 heterocycles. The van der Waals surface area contributed by atoms with Crippen LogP contribution in [0.1, 0.15) is 6.92 Å². The monoisotopic (exact) mass is 244 g/mol. The molecule has 1 aromatic carbocycles. The van der Waals surface area contributed by atoms with Crippen LogP contribution >= 0.6 is 11.6 Å². The summed E-state index contributed by atoms with van der Waals surface area (Å²) in [6, 6.07) is 3.65. The first-order chi connectivity index (χ1) is 7.54. The molecular formula is C10H10ClFN2O2. The topological polar surface area (TPSA) is 58.2 Å². The van der Waals surface area contributed by atoms with Crippen LogP contribution in [-0.4, -0.2) is 18.4 Å². The predicted molar refractivity (Wildman–Crippen MR) is 58.7 cm³/mol. The maximum Gasteiger partial charge on any atom is 0.313 e. The Morgan fingerprint density at radius 1 is 1.38 bits per heavy atom. The van der Waals surface area contributed by atoms with E-state index in [0.29, 0.717) is 6.54 Å².